The number of halogens is 3. The lowest BCUT2D eigenvalue weighted by Crippen LogP contribution is -2.43. The molecule has 192 valence electrons. The van der Waals surface area contributed by atoms with Gasteiger partial charge in [-0.25, -0.2) is 9.36 Å². The highest BCUT2D eigenvalue weighted by Gasteiger charge is 2.54. The molecule has 1 saturated heterocycles. The van der Waals surface area contributed by atoms with Gasteiger partial charge in [0.05, 0.1) is 7.11 Å². The summed E-state index contributed by atoms with van der Waals surface area (Å²) in [6.07, 6.45) is -10.9. The van der Waals surface area contributed by atoms with Crippen molar-refractivity contribution in [3.05, 3.63) is 10.5 Å². The lowest BCUT2D eigenvalue weighted by molar-refractivity contribution is -0.248. The summed E-state index contributed by atoms with van der Waals surface area (Å²) in [5.41, 5.74) is 5.23. The van der Waals surface area contributed by atoms with Crippen LogP contribution in [0.1, 0.15) is 39.3 Å². The molecular weight excluding hydrogens is 479 g/mol. The molecule has 2 aromatic rings. The van der Waals surface area contributed by atoms with Gasteiger partial charge in [-0.1, -0.05) is 0 Å². The number of alkyl halides is 3. The standard InChI is InChI=1S/C20H24F3N5O7/c1-8(29)33-12-6-11(14(20(21,22)23)34-9(2)30)35-17(12)28-15-13(16(32-3)26-18(24)25-15)27(19(28)31)7-10-4-5-10/h10-12,14,17H,4-7H2,1-3H3,(H2,24,25,26)/t11-,12+,14?,17+/m0/s1. The molecule has 0 spiro atoms. The van der Waals surface area contributed by atoms with E-state index in [4.69, 9.17) is 19.9 Å². The third-order valence-corrected chi connectivity index (χ3v) is 5.74. The number of fused-ring (bicyclic) bond motifs is 1. The maximum atomic E-state index is 13.7. The Morgan fingerprint density at radius 3 is 2.46 bits per heavy atom. The number of nitrogen functional groups attached to an aromatic ring is 1. The predicted octanol–water partition coefficient (Wildman–Crippen LogP) is 1.31. The Balaban J connectivity index is 1.85. The van der Waals surface area contributed by atoms with Crippen molar-refractivity contribution in [2.24, 2.45) is 5.92 Å². The minimum absolute atomic E-state index is 0.00401. The van der Waals surface area contributed by atoms with Gasteiger partial charge < -0.3 is 24.7 Å². The van der Waals surface area contributed by atoms with Crippen LogP contribution in [0.5, 0.6) is 5.88 Å². The van der Waals surface area contributed by atoms with Gasteiger partial charge in [-0.15, -0.1) is 0 Å². The smallest absolute Gasteiger partial charge is 0.428 e. The van der Waals surface area contributed by atoms with Crippen LogP contribution in [0.2, 0.25) is 0 Å². The summed E-state index contributed by atoms with van der Waals surface area (Å²) >= 11 is 0. The van der Waals surface area contributed by atoms with E-state index in [2.05, 4.69) is 14.7 Å². The SMILES string of the molecule is COc1nc(N)nc2c1n(CC1CC1)c(=O)n2[C@@H]1O[C@H](C(OC(C)=O)C(F)(F)F)C[C@H]1OC(C)=O. The van der Waals surface area contributed by atoms with E-state index in [1.54, 1.807) is 0 Å². The average Bonchev–Trinajstić information content (AvgIpc) is 3.42. The lowest BCUT2D eigenvalue weighted by Gasteiger charge is -2.25. The molecule has 4 atom stereocenters. The van der Waals surface area contributed by atoms with Crippen LogP contribution >= 0.6 is 0 Å². The molecule has 2 fully saturated rings. The number of carbonyl (C=O) groups excluding carboxylic acids is 2. The molecule has 1 aliphatic heterocycles. The Labute approximate surface area is 196 Å². The summed E-state index contributed by atoms with van der Waals surface area (Å²) in [5, 5.41) is 0. The molecule has 0 radical (unpaired) electrons. The monoisotopic (exact) mass is 503 g/mol. The van der Waals surface area contributed by atoms with E-state index >= 15 is 0 Å². The average molecular weight is 503 g/mol. The first-order valence-corrected chi connectivity index (χ1v) is 10.8. The zero-order valence-corrected chi connectivity index (χ0v) is 19.1. The molecule has 3 heterocycles. The molecule has 35 heavy (non-hydrogen) atoms. The van der Waals surface area contributed by atoms with Gasteiger partial charge in [0.2, 0.25) is 17.9 Å². The quantitative estimate of drug-likeness (QED) is 0.548. The van der Waals surface area contributed by atoms with Gasteiger partial charge in [0.1, 0.15) is 12.2 Å². The fourth-order valence-electron chi connectivity index (χ4n) is 4.20. The van der Waals surface area contributed by atoms with Crippen LogP contribution in [-0.2, 0) is 30.3 Å². The molecule has 15 heteroatoms. The summed E-state index contributed by atoms with van der Waals surface area (Å²) in [7, 11) is 1.32. The van der Waals surface area contributed by atoms with E-state index in [0.717, 1.165) is 31.3 Å². The van der Waals surface area contributed by atoms with Crippen LogP contribution in [0, 0.1) is 5.92 Å². The van der Waals surface area contributed by atoms with Crippen LogP contribution in [0.3, 0.4) is 0 Å². The van der Waals surface area contributed by atoms with Crippen LogP contribution < -0.4 is 16.2 Å². The molecule has 1 unspecified atom stereocenters. The molecular formula is C20H24F3N5O7. The molecule has 0 bridgehead atoms. The van der Waals surface area contributed by atoms with Crippen molar-refractivity contribution in [2.75, 3.05) is 12.8 Å². The number of hydrogen-bond acceptors (Lipinski definition) is 10. The largest absolute Gasteiger partial charge is 0.479 e. The Morgan fingerprint density at radius 2 is 1.91 bits per heavy atom. The fourth-order valence-corrected chi connectivity index (χ4v) is 4.20. The number of anilines is 1. The van der Waals surface area contributed by atoms with Crippen LogP contribution in [0.25, 0.3) is 11.2 Å². The molecule has 2 N–H and O–H groups in total. The number of methoxy groups -OCH3 is 1. The number of rotatable bonds is 7. The van der Waals surface area contributed by atoms with Gasteiger partial charge in [0.25, 0.3) is 0 Å². The molecule has 0 amide bonds. The molecule has 1 saturated carbocycles. The number of aromatic nitrogens is 4. The second kappa shape index (κ2) is 9.02. The minimum atomic E-state index is -4.98. The molecule has 4 rings (SSSR count). The van der Waals surface area contributed by atoms with Crippen LogP contribution in [0.15, 0.2) is 4.79 Å². The first kappa shape index (κ1) is 24.8. The second-order valence-corrected chi connectivity index (χ2v) is 8.49. The van der Waals surface area contributed by atoms with Crippen molar-refractivity contribution in [3.8, 4) is 5.88 Å². The van der Waals surface area contributed by atoms with E-state index in [-0.39, 0.29) is 28.9 Å². The van der Waals surface area contributed by atoms with Gasteiger partial charge in [-0.3, -0.25) is 14.2 Å². The van der Waals surface area contributed by atoms with E-state index < -0.39 is 54.8 Å². The van der Waals surface area contributed by atoms with Crippen molar-refractivity contribution >= 4 is 29.1 Å². The molecule has 12 nitrogen and oxygen atoms in total. The number of esters is 2. The first-order chi connectivity index (χ1) is 16.4. The van der Waals surface area contributed by atoms with Gasteiger partial charge in [-0.05, 0) is 18.8 Å². The molecule has 1 aliphatic carbocycles. The fraction of sp³-hybridized carbons (Fsp3) is 0.650. The van der Waals surface area contributed by atoms with Gasteiger partial charge in [-0.2, -0.15) is 23.1 Å². The second-order valence-electron chi connectivity index (χ2n) is 8.49. The van der Waals surface area contributed by atoms with Crippen molar-refractivity contribution in [1.29, 1.82) is 0 Å². The topological polar surface area (TPSA) is 150 Å². The summed E-state index contributed by atoms with van der Waals surface area (Å²) < 4.78 is 64.0. The van der Waals surface area contributed by atoms with Gasteiger partial charge in [0, 0.05) is 26.8 Å². The van der Waals surface area contributed by atoms with Crippen molar-refractivity contribution in [3.63, 3.8) is 0 Å². The minimum Gasteiger partial charge on any atom is -0.479 e. The highest BCUT2D eigenvalue weighted by atomic mass is 19.4. The summed E-state index contributed by atoms with van der Waals surface area (Å²) in [6, 6.07) is 0. The Morgan fingerprint density at radius 1 is 1.23 bits per heavy atom. The summed E-state index contributed by atoms with van der Waals surface area (Å²) in [6.45, 7) is 2.19. The van der Waals surface area contributed by atoms with E-state index in [1.165, 1.54) is 11.7 Å². The number of ether oxygens (including phenoxy) is 4. The van der Waals surface area contributed by atoms with Gasteiger partial charge >= 0.3 is 23.8 Å². The third kappa shape index (κ3) is 4.90. The lowest BCUT2D eigenvalue weighted by atomic mass is 10.1. The van der Waals surface area contributed by atoms with Crippen LogP contribution in [-0.4, -0.2) is 62.6 Å². The predicted molar refractivity (Wildman–Crippen MR) is 111 cm³/mol. The third-order valence-electron chi connectivity index (χ3n) is 5.74. The highest BCUT2D eigenvalue weighted by molar-refractivity contribution is 5.78. The zero-order valence-electron chi connectivity index (χ0n) is 19.1. The number of imidazole rings is 1. The first-order valence-electron chi connectivity index (χ1n) is 10.8. The summed E-state index contributed by atoms with van der Waals surface area (Å²) in [4.78, 5) is 44.8. The summed E-state index contributed by atoms with van der Waals surface area (Å²) in [5.74, 6) is -2.02. The number of carbonyl (C=O) groups is 2. The maximum Gasteiger partial charge on any atom is 0.428 e. The van der Waals surface area contributed by atoms with Gasteiger partial charge in [0.15, 0.2) is 17.4 Å². The van der Waals surface area contributed by atoms with E-state index in [1.807, 2.05) is 0 Å². The Bertz CT molecular complexity index is 1210. The normalized spacial score (nSPS) is 23.3. The van der Waals surface area contributed by atoms with Crippen molar-refractivity contribution < 1.29 is 41.7 Å². The van der Waals surface area contributed by atoms with E-state index in [9.17, 15) is 27.6 Å². The van der Waals surface area contributed by atoms with Crippen molar-refractivity contribution in [2.45, 2.75) is 70.4 Å². The highest BCUT2D eigenvalue weighted by Crippen LogP contribution is 2.40. The molecule has 0 aromatic carbocycles. The van der Waals surface area contributed by atoms with Crippen LogP contribution in [0.4, 0.5) is 19.1 Å². The molecule has 2 aromatic heterocycles. The molecule has 2 aliphatic rings. The number of nitrogens with two attached hydrogens (primary N) is 1. The van der Waals surface area contributed by atoms with Crippen molar-refractivity contribution in [1.82, 2.24) is 19.1 Å². The number of hydrogen-bond donors (Lipinski definition) is 1. The Kier molecular flexibility index (Phi) is 6.38. The zero-order chi connectivity index (χ0) is 25.7. The maximum absolute atomic E-state index is 13.7. The van der Waals surface area contributed by atoms with E-state index in [0.29, 0.717) is 6.54 Å². The number of nitrogens with zero attached hydrogens (tertiary/aromatic N) is 4. The Hall–Kier alpha value is -3.36.